The molecule has 1 heterocycles. The molecule has 3 aromatic rings. The van der Waals surface area contributed by atoms with Crippen LogP contribution in [0.2, 0.25) is 0 Å². The van der Waals surface area contributed by atoms with Crippen molar-refractivity contribution < 1.29 is 15.3 Å². The van der Waals surface area contributed by atoms with Crippen molar-refractivity contribution >= 4 is 10.9 Å². The molecule has 4 nitrogen and oxygen atoms in total. The standard InChI is InChI=1S/C18H19NO3/c1-12(20)18(22)17(14-6-8-15(21)9-7-14)19-11-10-13-4-2-3-5-16(13)19/h2-12,17-18,20-22H,1H3. The van der Waals surface area contributed by atoms with Crippen LogP contribution < -0.4 is 0 Å². The van der Waals surface area contributed by atoms with E-state index in [0.717, 1.165) is 16.5 Å². The van der Waals surface area contributed by atoms with Gasteiger partial charge in [-0.1, -0.05) is 30.3 Å². The molecule has 3 N–H and O–H groups in total. The summed E-state index contributed by atoms with van der Waals surface area (Å²) in [4.78, 5) is 0. The maximum Gasteiger partial charge on any atom is 0.115 e. The number of aromatic nitrogens is 1. The van der Waals surface area contributed by atoms with Crippen LogP contribution in [0.4, 0.5) is 0 Å². The maximum atomic E-state index is 10.5. The number of para-hydroxylation sites is 1. The van der Waals surface area contributed by atoms with Crippen molar-refractivity contribution in [3.63, 3.8) is 0 Å². The maximum absolute atomic E-state index is 10.5. The van der Waals surface area contributed by atoms with Gasteiger partial charge in [-0.2, -0.15) is 0 Å². The Balaban J connectivity index is 2.15. The Morgan fingerprint density at radius 2 is 1.59 bits per heavy atom. The zero-order chi connectivity index (χ0) is 15.7. The summed E-state index contributed by atoms with van der Waals surface area (Å²) in [6, 6.07) is 16.2. The molecule has 4 heteroatoms. The second-order valence-corrected chi connectivity index (χ2v) is 5.55. The van der Waals surface area contributed by atoms with Crippen LogP contribution in [0.5, 0.6) is 5.75 Å². The lowest BCUT2D eigenvalue weighted by Gasteiger charge is -2.28. The monoisotopic (exact) mass is 297 g/mol. The first-order valence-electron chi connectivity index (χ1n) is 7.28. The lowest BCUT2D eigenvalue weighted by molar-refractivity contribution is 0.00799. The molecule has 0 amide bonds. The number of benzene rings is 2. The van der Waals surface area contributed by atoms with E-state index < -0.39 is 18.2 Å². The number of aliphatic hydroxyl groups excluding tert-OH is 2. The Kier molecular flexibility index (Phi) is 3.88. The van der Waals surface area contributed by atoms with Gasteiger partial charge in [-0.05, 0) is 42.1 Å². The van der Waals surface area contributed by atoms with E-state index >= 15 is 0 Å². The quantitative estimate of drug-likeness (QED) is 0.693. The van der Waals surface area contributed by atoms with Crippen LogP contribution in [-0.2, 0) is 0 Å². The molecule has 0 aliphatic rings. The van der Waals surface area contributed by atoms with Crippen LogP contribution >= 0.6 is 0 Å². The first-order chi connectivity index (χ1) is 10.6. The summed E-state index contributed by atoms with van der Waals surface area (Å²) in [5.41, 5.74) is 1.81. The van der Waals surface area contributed by atoms with E-state index in [0.29, 0.717) is 0 Å². The van der Waals surface area contributed by atoms with Crippen LogP contribution in [-0.4, -0.2) is 32.1 Å². The Morgan fingerprint density at radius 1 is 0.909 bits per heavy atom. The number of rotatable bonds is 4. The first kappa shape index (κ1) is 14.6. The fraction of sp³-hybridized carbons (Fsp3) is 0.222. The number of nitrogens with zero attached hydrogens (tertiary/aromatic N) is 1. The average Bonchev–Trinajstić information content (AvgIpc) is 2.93. The molecular weight excluding hydrogens is 278 g/mol. The molecule has 0 spiro atoms. The van der Waals surface area contributed by atoms with Crippen molar-refractivity contribution in [3.05, 3.63) is 66.4 Å². The average molecular weight is 297 g/mol. The van der Waals surface area contributed by atoms with Crippen LogP contribution in [0.15, 0.2) is 60.8 Å². The molecule has 0 radical (unpaired) electrons. The summed E-state index contributed by atoms with van der Waals surface area (Å²) in [7, 11) is 0. The fourth-order valence-corrected chi connectivity index (χ4v) is 2.80. The second kappa shape index (κ2) is 5.83. The molecule has 3 atom stereocenters. The van der Waals surface area contributed by atoms with Crippen molar-refractivity contribution in [2.45, 2.75) is 25.2 Å². The van der Waals surface area contributed by atoms with E-state index in [1.165, 1.54) is 0 Å². The van der Waals surface area contributed by atoms with Gasteiger partial charge in [-0.3, -0.25) is 0 Å². The molecule has 3 unspecified atom stereocenters. The minimum absolute atomic E-state index is 0.173. The predicted octanol–water partition coefficient (Wildman–Crippen LogP) is 2.68. The molecule has 22 heavy (non-hydrogen) atoms. The van der Waals surface area contributed by atoms with Gasteiger partial charge < -0.3 is 19.9 Å². The summed E-state index contributed by atoms with van der Waals surface area (Å²) < 4.78 is 1.96. The summed E-state index contributed by atoms with van der Waals surface area (Å²) in [6.45, 7) is 1.57. The Labute approximate surface area is 128 Å². The van der Waals surface area contributed by atoms with Gasteiger partial charge in [0.2, 0.25) is 0 Å². The van der Waals surface area contributed by atoms with Crippen molar-refractivity contribution in [3.8, 4) is 5.75 Å². The molecule has 0 saturated heterocycles. The zero-order valence-electron chi connectivity index (χ0n) is 12.3. The van der Waals surface area contributed by atoms with E-state index in [2.05, 4.69) is 0 Å². The summed E-state index contributed by atoms with van der Waals surface area (Å²) in [5.74, 6) is 0.173. The van der Waals surface area contributed by atoms with Gasteiger partial charge in [0.15, 0.2) is 0 Å². The minimum atomic E-state index is -0.958. The molecule has 114 valence electrons. The third-order valence-corrected chi connectivity index (χ3v) is 3.98. The van der Waals surface area contributed by atoms with Gasteiger partial charge in [0, 0.05) is 11.7 Å². The Bertz CT molecular complexity index is 761. The van der Waals surface area contributed by atoms with Crippen molar-refractivity contribution in [2.75, 3.05) is 0 Å². The van der Waals surface area contributed by atoms with Gasteiger partial charge in [-0.25, -0.2) is 0 Å². The van der Waals surface area contributed by atoms with Crippen molar-refractivity contribution in [2.24, 2.45) is 0 Å². The highest BCUT2D eigenvalue weighted by Crippen LogP contribution is 2.30. The molecule has 0 fully saturated rings. The van der Waals surface area contributed by atoms with Crippen LogP contribution in [0.3, 0.4) is 0 Å². The van der Waals surface area contributed by atoms with Crippen molar-refractivity contribution in [1.29, 1.82) is 0 Å². The molecule has 0 bridgehead atoms. The van der Waals surface area contributed by atoms with Crippen LogP contribution in [0, 0.1) is 0 Å². The molecule has 1 aromatic heterocycles. The zero-order valence-corrected chi connectivity index (χ0v) is 12.3. The molecular formula is C18H19NO3. The number of fused-ring (bicyclic) bond motifs is 1. The smallest absolute Gasteiger partial charge is 0.115 e. The third kappa shape index (κ3) is 2.58. The normalized spacial score (nSPS) is 15.6. The van der Waals surface area contributed by atoms with Gasteiger partial charge in [0.25, 0.3) is 0 Å². The van der Waals surface area contributed by atoms with Gasteiger partial charge >= 0.3 is 0 Å². The molecule has 0 aliphatic carbocycles. The van der Waals surface area contributed by atoms with Crippen molar-refractivity contribution in [1.82, 2.24) is 4.57 Å². The van der Waals surface area contributed by atoms with E-state index in [1.807, 2.05) is 41.1 Å². The Hall–Kier alpha value is -2.30. The Morgan fingerprint density at radius 3 is 2.27 bits per heavy atom. The molecule has 0 saturated carbocycles. The van der Waals surface area contributed by atoms with E-state index in [4.69, 9.17) is 0 Å². The number of phenols is 1. The number of hydrogen-bond donors (Lipinski definition) is 3. The summed E-state index contributed by atoms with van der Waals surface area (Å²) >= 11 is 0. The molecule has 0 aliphatic heterocycles. The second-order valence-electron chi connectivity index (χ2n) is 5.55. The van der Waals surface area contributed by atoms with Crippen LogP contribution in [0.25, 0.3) is 10.9 Å². The molecule has 3 rings (SSSR count). The number of phenolic OH excluding ortho intramolecular Hbond substituents is 1. The largest absolute Gasteiger partial charge is 0.508 e. The number of hydrogen-bond acceptors (Lipinski definition) is 3. The van der Waals surface area contributed by atoms with Crippen LogP contribution in [0.1, 0.15) is 18.5 Å². The summed E-state index contributed by atoms with van der Waals surface area (Å²) in [6.07, 6.45) is 0.0775. The first-order valence-corrected chi connectivity index (χ1v) is 7.28. The topological polar surface area (TPSA) is 65.6 Å². The predicted molar refractivity (Wildman–Crippen MR) is 85.9 cm³/mol. The molecule has 2 aromatic carbocycles. The lowest BCUT2D eigenvalue weighted by atomic mass is 9.97. The third-order valence-electron chi connectivity index (χ3n) is 3.98. The number of aliphatic hydroxyl groups is 2. The minimum Gasteiger partial charge on any atom is -0.508 e. The van der Waals surface area contributed by atoms with Gasteiger partial charge in [0.1, 0.15) is 11.9 Å². The lowest BCUT2D eigenvalue weighted by Crippen LogP contribution is -2.33. The number of aromatic hydroxyl groups is 1. The summed E-state index contributed by atoms with van der Waals surface area (Å²) in [5, 5.41) is 30.9. The highest BCUT2D eigenvalue weighted by Gasteiger charge is 2.27. The fourth-order valence-electron chi connectivity index (χ4n) is 2.80. The van der Waals surface area contributed by atoms with E-state index in [1.54, 1.807) is 31.2 Å². The van der Waals surface area contributed by atoms with E-state index in [9.17, 15) is 15.3 Å². The van der Waals surface area contributed by atoms with Gasteiger partial charge in [0.05, 0.1) is 12.1 Å². The van der Waals surface area contributed by atoms with E-state index in [-0.39, 0.29) is 5.75 Å². The SMILES string of the molecule is CC(O)C(O)C(c1ccc(O)cc1)n1ccc2ccccc21. The highest BCUT2D eigenvalue weighted by atomic mass is 16.3. The highest BCUT2D eigenvalue weighted by molar-refractivity contribution is 5.80. The van der Waals surface area contributed by atoms with Gasteiger partial charge in [-0.15, -0.1) is 0 Å².